The van der Waals surface area contributed by atoms with Crippen LogP contribution in [0.3, 0.4) is 0 Å². The molecule has 0 N–H and O–H groups in total. The van der Waals surface area contributed by atoms with Gasteiger partial charge in [-0.05, 0) is 32.9 Å². The average Bonchev–Trinajstić information content (AvgIpc) is 2.17. The van der Waals surface area contributed by atoms with Crippen molar-refractivity contribution in [1.29, 1.82) is 0 Å². The lowest BCUT2D eigenvalue weighted by Gasteiger charge is -2.20. The second-order valence-corrected chi connectivity index (χ2v) is 3.83. The maximum absolute atomic E-state index is 11.3. The molecule has 0 atom stereocenters. The van der Waals surface area contributed by atoms with Crippen molar-refractivity contribution in [3.8, 4) is 5.75 Å². The molecule has 0 aliphatic rings. The molecular weight excluding hydrogens is 208 g/mol. The summed E-state index contributed by atoms with van der Waals surface area (Å²) in [6.07, 6.45) is -0.883. The summed E-state index contributed by atoms with van der Waals surface area (Å²) >= 11 is 0. The first kappa shape index (κ1) is 12.2. The summed E-state index contributed by atoms with van der Waals surface area (Å²) in [6, 6.07) is 8.53. The minimum Gasteiger partial charge on any atom is -0.420 e. The molecule has 1 aromatic carbocycles. The van der Waals surface area contributed by atoms with E-state index >= 15 is 0 Å². The van der Waals surface area contributed by atoms with Crippen LogP contribution in [0.4, 0.5) is 4.79 Å². The molecule has 86 valence electrons. The van der Waals surface area contributed by atoms with E-state index in [0.29, 0.717) is 5.75 Å². The van der Waals surface area contributed by atoms with Crippen molar-refractivity contribution < 1.29 is 19.1 Å². The largest absolute Gasteiger partial charge is 0.514 e. The number of carbonyl (C=O) groups is 2. The maximum Gasteiger partial charge on any atom is 0.514 e. The van der Waals surface area contributed by atoms with Crippen LogP contribution in [0.1, 0.15) is 20.8 Å². The number of benzene rings is 1. The Kier molecular flexibility index (Phi) is 3.66. The van der Waals surface area contributed by atoms with E-state index in [2.05, 4.69) is 0 Å². The summed E-state index contributed by atoms with van der Waals surface area (Å²) in [5.41, 5.74) is -1.16. The van der Waals surface area contributed by atoms with E-state index in [-0.39, 0.29) is 5.78 Å². The molecule has 0 radical (unpaired) electrons. The zero-order valence-corrected chi connectivity index (χ0v) is 9.52. The van der Waals surface area contributed by atoms with Gasteiger partial charge in [-0.1, -0.05) is 18.2 Å². The number of ketones is 1. The predicted molar refractivity (Wildman–Crippen MR) is 58.3 cm³/mol. The van der Waals surface area contributed by atoms with Crippen molar-refractivity contribution in [2.24, 2.45) is 0 Å². The normalized spacial score (nSPS) is 10.7. The highest BCUT2D eigenvalue weighted by Gasteiger charge is 2.29. The van der Waals surface area contributed by atoms with Crippen molar-refractivity contribution in [2.75, 3.05) is 0 Å². The molecule has 0 aromatic heterocycles. The molecule has 0 saturated heterocycles. The summed E-state index contributed by atoms with van der Waals surface area (Å²) in [5, 5.41) is 0. The standard InChI is InChI=1S/C12H14O4/c1-9(13)12(2,3)16-11(14)15-10-7-5-4-6-8-10/h4-8H,1-3H3. The maximum atomic E-state index is 11.3. The van der Waals surface area contributed by atoms with Crippen LogP contribution in [0, 0.1) is 0 Å². The van der Waals surface area contributed by atoms with Gasteiger partial charge in [0, 0.05) is 0 Å². The first-order chi connectivity index (χ1) is 7.42. The Labute approximate surface area is 94.2 Å². The van der Waals surface area contributed by atoms with Crippen molar-refractivity contribution in [3.63, 3.8) is 0 Å². The van der Waals surface area contributed by atoms with Gasteiger partial charge in [-0.15, -0.1) is 0 Å². The van der Waals surface area contributed by atoms with Gasteiger partial charge in [-0.3, -0.25) is 4.79 Å². The van der Waals surface area contributed by atoms with Gasteiger partial charge in [0.1, 0.15) is 5.75 Å². The molecule has 0 bridgehead atoms. The zero-order valence-electron chi connectivity index (χ0n) is 9.52. The van der Waals surface area contributed by atoms with Crippen molar-refractivity contribution >= 4 is 11.9 Å². The molecule has 4 nitrogen and oxygen atoms in total. The summed E-state index contributed by atoms with van der Waals surface area (Å²) in [6.45, 7) is 4.39. The van der Waals surface area contributed by atoms with Gasteiger partial charge in [0.25, 0.3) is 0 Å². The predicted octanol–water partition coefficient (Wildman–Crippen LogP) is 2.57. The van der Waals surface area contributed by atoms with E-state index in [9.17, 15) is 9.59 Å². The Balaban J connectivity index is 2.58. The summed E-state index contributed by atoms with van der Waals surface area (Å²) in [4.78, 5) is 22.5. The molecule has 0 aliphatic heterocycles. The molecule has 0 unspecified atom stereocenters. The first-order valence-corrected chi connectivity index (χ1v) is 4.89. The zero-order chi connectivity index (χ0) is 12.2. The lowest BCUT2D eigenvalue weighted by Crippen LogP contribution is -2.36. The van der Waals surface area contributed by atoms with Crippen LogP contribution >= 0.6 is 0 Å². The third-order valence-corrected chi connectivity index (χ3v) is 2.13. The smallest absolute Gasteiger partial charge is 0.420 e. The summed E-state index contributed by atoms with van der Waals surface area (Å²) in [7, 11) is 0. The Morgan fingerprint density at radius 1 is 1.12 bits per heavy atom. The van der Waals surface area contributed by atoms with Crippen molar-refractivity contribution in [3.05, 3.63) is 30.3 Å². The highest BCUT2D eigenvalue weighted by Crippen LogP contribution is 2.14. The molecule has 0 spiro atoms. The third-order valence-electron chi connectivity index (χ3n) is 2.13. The van der Waals surface area contributed by atoms with Crippen molar-refractivity contribution in [2.45, 2.75) is 26.4 Å². The number of para-hydroxylation sites is 1. The van der Waals surface area contributed by atoms with Gasteiger partial charge in [0.15, 0.2) is 11.4 Å². The summed E-state index contributed by atoms with van der Waals surface area (Å²) < 4.78 is 9.78. The quantitative estimate of drug-likeness (QED) is 0.582. The highest BCUT2D eigenvalue weighted by atomic mass is 16.7. The van der Waals surface area contributed by atoms with E-state index in [4.69, 9.17) is 9.47 Å². The molecule has 0 fully saturated rings. The fourth-order valence-electron chi connectivity index (χ4n) is 0.886. The number of hydrogen-bond donors (Lipinski definition) is 0. The average molecular weight is 222 g/mol. The van der Waals surface area contributed by atoms with Gasteiger partial charge in [0.2, 0.25) is 0 Å². The number of Topliss-reactive ketones (excluding diaryl/α,β-unsaturated/α-hetero) is 1. The van der Waals surface area contributed by atoms with Crippen molar-refractivity contribution in [1.82, 2.24) is 0 Å². The van der Waals surface area contributed by atoms with Gasteiger partial charge >= 0.3 is 6.16 Å². The van der Waals surface area contributed by atoms with Crippen LogP contribution in [-0.2, 0) is 9.53 Å². The van der Waals surface area contributed by atoms with Gasteiger partial charge in [0.05, 0.1) is 0 Å². The molecule has 0 aliphatic carbocycles. The number of carbonyl (C=O) groups excluding carboxylic acids is 2. The lowest BCUT2D eigenvalue weighted by molar-refractivity contribution is -0.133. The van der Waals surface area contributed by atoms with Crippen LogP contribution in [0.15, 0.2) is 30.3 Å². The minimum absolute atomic E-state index is 0.238. The molecule has 0 heterocycles. The molecule has 0 saturated carbocycles. The van der Waals surface area contributed by atoms with E-state index in [1.807, 2.05) is 0 Å². The highest BCUT2D eigenvalue weighted by molar-refractivity contribution is 5.86. The van der Waals surface area contributed by atoms with Gasteiger partial charge in [-0.25, -0.2) is 4.79 Å². The SMILES string of the molecule is CC(=O)C(C)(C)OC(=O)Oc1ccccc1. The Morgan fingerprint density at radius 3 is 2.19 bits per heavy atom. The molecule has 0 amide bonds. The Morgan fingerprint density at radius 2 is 1.69 bits per heavy atom. The minimum atomic E-state index is -1.16. The molecule has 4 heteroatoms. The fourth-order valence-corrected chi connectivity index (χ4v) is 0.886. The van der Waals surface area contributed by atoms with Crippen LogP contribution in [0.25, 0.3) is 0 Å². The summed E-state index contributed by atoms with van der Waals surface area (Å²) in [5.74, 6) is 0.143. The second-order valence-electron chi connectivity index (χ2n) is 3.83. The fraction of sp³-hybridized carbons (Fsp3) is 0.333. The number of hydrogen-bond acceptors (Lipinski definition) is 4. The van der Waals surface area contributed by atoms with Crippen LogP contribution in [-0.4, -0.2) is 17.5 Å². The van der Waals surface area contributed by atoms with Crippen LogP contribution in [0.2, 0.25) is 0 Å². The topological polar surface area (TPSA) is 52.6 Å². The molecule has 1 rings (SSSR count). The number of rotatable bonds is 3. The first-order valence-electron chi connectivity index (χ1n) is 4.89. The van der Waals surface area contributed by atoms with Gasteiger partial charge < -0.3 is 9.47 Å². The van der Waals surface area contributed by atoms with E-state index < -0.39 is 11.8 Å². The van der Waals surface area contributed by atoms with E-state index in [1.54, 1.807) is 30.3 Å². The second kappa shape index (κ2) is 4.79. The Hall–Kier alpha value is -1.84. The van der Waals surface area contributed by atoms with Crippen LogP contribution in [0.5, 0.6) is 5.75 Å². The molecule has 1 aromatic rings. The molecular formula is C12H14O4. The van der Waals surface area contributed by atoms with E-state index in [0.717, 1.165) is 0 Å². The van der Waals surface area contributed by atoms with Crippen LogP contribution < -0.4 is 4.74 Å². The third kappa shape index (κ3) is 3.38. The Bertz CT molecular complexity index is 381. The van der Waals surface area contributed by atoms with Gasteiger partial charge in [-0.2, -0.15) is 0 Å². The lowest BCUT2D eigenvalue weighted by atomic mass is 10.1. The monoisotopic (exact) mass is 222 g/mol. The molecule has 16 heavy (non-hydrogen) atoms. The number of ether oxygens (including phenoxy) is 2. The van der Waals surface area contributed by atoms with E-state index in [1.165, 1.54) is 20.8 Å².